The molecule has 0 spiro atoms. The van der Waals surface area contributed by atoms with Crippen LogP contribution < -0.4 is 5.73 Å². The lowest BCUT2D eigenvalue weighted by molar-refractivity contribution is -0.150. The van der Waals surface area contributed by atoms with Crippen molar-refractivity contribution >= 4 is 0 Å². The van der Waals surface area contributed by atoms with E-state index >= 15 is 0 Å². The molecule has 0 saturated carbocycles. The van der Waals surface area contributed by atoms with Gasteiger partial charge in [0.1, 0.15) is 5.76 Å². The summed E-state index contributed by atoms with van der Waals surface area (Å²) in [7, 11) is 0. The summed E-state index contributed by atoms with van der Waals surface area (Å²) in [5.74, 6) is 0.219. The summed E-state index contributed by atoms with van der Waals surface area (Å²) in [6.07, 6.45) is 2.23. The quantitative estimate of drug-likeness (QED) is 0.796. The Bertz CT molecular complexity index is 278. The predicted molar refractivity (Wildman–Crippen MR) is 50.6 cm³/mol. The molecule has 1 saturated heterocycles. The maximum Gasteiger partial charge on any atom is 0.167 e. The number of hydrogen-bond donors (Lipinski definition) is 1. The standard InChI is InChI=1S/C10H15NO3/c1-10(13-5-6-14-10)7-8(11)9-3-2-4-12-9/h2-4,8H,5-7,11H2,1H3. The van der Waals surface area contributed by atoms with Crippen molar-refractivity contribution in [2.24, 2.45) is 5.73 Å². The Morgan fingerprint density at radius 2 is 2.21 bits per heavy atom. The zero-order valence-corrected chi connectivity index (χ0v) is 8.23. The molecule has 0 bridgehead atoms. The van der Waals surface area contributed by atoms with E-state index in [1.54, 1.807) is 6.26 Å². The van der Waals surface area contributed by atoms with Crippen molar-refractivity contribution in [1.29, 1.82) is 0 Å². The summed E-state index contributed by atoms with van der Waals surface area (Å²) in [6.45, 7) is 3.19. The first-order chi connectivity index (χ1) is 6.70. The molecule has 4 heteroatoms. The van der Waals surface area contributed by atoms with E-state index in [-0.39, 0.29) is 6.04 Å². The van der Waals surface area contributed by atoms with Crippen LogP contribution in [-0.2, 0) is 9.47 Å². The molecule has 0 aromatic carbocycles. The third kappa shape index (κ3) is 1.97. The summed E-state index contributed by atoms with van der Waals surface area (Å²) >= 11 is 0. The fourth-order valence-corrected chi connectivity index (χ4v) is 1.68. The van der Waals surface area contributed by atoms with Crippen molar-refractivity contribution in [3.8, 4) is 0 Å². The lowest BCUT2D eigenvalue weighted by Gasteiger charge is -2.24. The molecule has 1 aromatic rings. The van der Waals surface area contributed by atoms with Crippen molar-refractivity contribution in [1.82, 2.24) is 0 Å². The van der Waals surface area contributed by atoms with Crippen molar-refractivity contribution in [2.45, 2.75) is 25.2 Å². The highest BCUT2D eigenvalue weighted by molar-refractivity contribution is 5.04. The molecule has 1 atom stereocenters. The number of rotatable bonds is 3. The van der Waals surface area contributed by atoms with E-state index in [1.165, 1.54) is 0 Å². The van der Waals surface area contributed by atoms with Crippen LogP contribution >= 0.6 is 0 Å². The SMILES string of the molecule is CC1(CC(N)c2ccco2)OCCO1. The largest absolute Gasteiger partial charge is 0.468 e. The van der Waals surface area contributed by atoms with Gasteiger partial charge < -0.3 is 19.6 Å². The van der Waals surface area contributed by atoms with Gasteiger partial charge in [0.05, 0.1) is 25.5 Å². The van der Waals surface area contributed by atoms with Crippen molar-refractivity contribution in [3.05, 3.63) is 24.2 Å². The molecule has 4 nitrogen and oxygen atoms in total. The molecule has 1 aromatic heterocycles. The summed E-state index contributed by atoms with van der Waals surface area (Å²) in [6, 6.07) is 3.52. The maximum atomic E-state index is 5.95. The average Bonchev–Trinajstić information content (AvgIpc) is 2.74. The molecule has 1 unspecified atom stereocenters. The molecule has 1 aliphatic rings. The third-order valence-electron chi connectivity index (χ3n) is 2.40. The Kier molecular flexibility index (Phi) is 2.58. The van der Waals surface area contributed by atoms with Crippen LogP contribution in [0, 0.1) is 0 Å². The van der Waals surface area contributed by atoms with E-state index in [1.807, 2.05) is 19.1 Å². The average molecular weight is 197 g/mol. The molecule has 2 heterocycles. The molecule has 14 heavy (non-hydrogen) atoms. The Morgan fingerprint density at radius 1 is 1.50 bits per heavy atom. The molecule has 78 valence electrons. The molecule has 1 fully saturated rings. The molecule has 1 aliphatic heterocycles. The Hall–Kier alpha value is -0.840. The zero-order chi connectivity index (χ0) is 10.0. The van der Waals surface area contributed by atoms with E-state index in [0.717, 1.165) is 5.76 Å². The summed E-state index contributed by atoms with van der Waals surface area (Å²) in [5, 5.41) is 0. The predicted octanol–water partition coefficient (Wildman–Crippen LogP) is 1.43. The van der Waals surface area contributed by atoms with Crippen LogP contribution in [-0.4, -0.2) is 19.0 Å². The van der Waals surface area contributed by atoms with Crippen LogP contribution in [0.3, 0.4) is 0 Å². The minimum absolute atomic E-state index is 0.173. The molecule has 2 N–H and O–H groups in total. The topological polar surface area (TPSA) is 57.6 Å². The first kappa shape index (κ1) is 9.71. The number of nitrogens with two attached hydrogens (primary N) is 1. The molecule has 2 rings (SSSR count). The minimum Gasteiger partial charge on any atom is -0.468 e. The smallest absolute Gasteiger partial charge is 0.167 e. The highest BCUT2D eigenvalue weighted by Gasteiger charge is 2.33. The lowest BCUT2D eigenvalue weighted by atomic mass is 10.1. The van der Waals surface area contributed by atoms with Crippen molar-refractivity contribution in [2.75, 3.05) is 13.2 Å². The van der Waals surface area contributed by atoms with Gasteiger partial charge in [-0.3, -0.25) is 0 Å². The van der Waals surface area contributed by atoms with Crippen LogP contribution in [0.5, 0.6) is 0 Å². The van der Waals surface area contributed by atoms with Gasteiger partial charge in [0.25, 0.3) is 0 Å². The van der Waals surface area contributed by atoms with Crippen LogP contribution in [0.25, 0.3) is 0 Å². The first-order valence-corrected chi connectivity index (χ1v) is 4.76. The lowest BCUT2D eigenvalue weighted by Crippen LogP contribution is -2.30. The number of furan rings is 1. The van der Waals surface area contributed by atoms with Crippen LogP contribution in [0.2, 0.25) is 0 Å². The van der Waals surface area contributed by atoms with Gasteiger partial charge in [-0.05, 0) is 19.1 Å². The molecular weight excluding hydrogens is 182 g/mol. The second-order valence-corrected chi connectivity index (χ2v) is 3.66. The minimum atomic E-state index is -0.549. The van der Waals surface area contributed by atoms with Gasteiger partial charge in [-0.1, -0.05) is 0 Å². The van der Waals surface area contributed by atoms with Gasteiger partial charge in [0.2, 0.25) is 0 Å². The van der Waals surface area contributed by atoms with E-state index in [9.17, 15) is 0 Å². The fraction of sp³-hybridized carbons (Fsp3) is 0.600. The summed E-state index contributed by atoms with van der Waals surface area (Å²) in [5.41, 5.74) is 5.95. The molecule has 0 aliphatic carbocycles. The first-order valence-electron chi connectivity index (χ1n) is 4.76. The highest BCUT2D eigenvalue weighted by atomic mass is 16.7. The third-order valence-corrected chi connectivity index (χ3v) is 2.40. The zero-order valence-electron chi connectivity index (χ0n) is 8.23. The van der Waals surface area contributed by atoms with Gasteiger partial charge in [0, 0.05) is 6.42 Å². The van der Waals surface area contributed by atoms with E-state index < -0.39 is 5.79 Å². The highest BCUT2D eigenvalue weighted by Crippen LogP contribution is 2.29. The van der Waals surface area contributed by atoms with Gasteiger partial charge in [-0.15, -0.1) is 0 Å². The van der Waals surface area contributed by atoms with Crippen molar-refractivity contribution in [3.63, 3.8) is 0 Å². The Labute approximate surface area is 83.0 Å². The van der Waals surface area contributed by atoms with E-state index in [4.69, 9.17) is 19.6 Å². The van der Waals surface area contributed by atoms with Gasteiger partial charge >= 0.3 is 0 Å². The normalized spacial score (nSPS) is 22.4. The fourth-order valence-electron chi connectivity index (χ4n) is 1.68. The van der Waals surface area contributed by atoms with Gasteiger partial charge in [0.15, 0.2) is 5.79 Å². The van der Waals surface area contributed by atoms with Crippen molar-refractivity contribution < 1.29 is 13.9 Å². The maximum absolute atomic E-state index is 5.95. The van der Waals surface area contributed by atoms with Crippen LogP contribution in [0.4, 0.5) is 0 Å². The van der Waals surface area contributed by atoms with E-state index in [0.29, 0.717) is 19.6 Å². The van der Waals surface area contributed by atoms with Gasteiger partial charge in [-0.25, -0.2) is 0 Å². The van der Waals surface area contributed by atoms with E-state index in [2.05, 4.69) is 0 Å². The van der Waals surface area contributed by atoms with Crippen LogP contribution in [0.15, 0.2) is 22.8 Å². The second-order valence-electron chi connectivity index (χ2n) is 3.66. The number of ether oxygens (including phenoxy) is 2. The second kappa shape index (κ2) is 3.73. The monoisotopic (exact) mass is 197 g/mol. The summed E-state index contributed by atoms with van der Waals surface area (Å²) in [4.78, 5) is 0. The Morgan fingerprint density at radius 3 is 2.79 bits per heavy atom. The van der Waals surface area contributed by atoms with Crippen LogP contribution in [0.1, 0.15) is 25.1 Å². The molecular formula is C10H15NO3. The summed E-state index contributed by atoms with van der Waals surface area (Å²) < 4.78 is 16.1. The molecule has 0 radical (unpaired) electrons. The number of hydrogen-bond acceptors (Lipinski definition) is 4. The Balaban J connectivity index is 1.97. The molecule has 0 amide bonds. The van der Waals surface area contributed by atoms with Gasteiger partial charge in [-0.2, -0.15) is 0 Å².